The molecule has 1 aliphatic carbocycles. The van der Waals surface area contributed by atoms with E-state index in [4.69, 9.17) is 4.74 Å². The predicted molar refractivity (Wildman–Crippen MR) is 132 cm³/mol. The molecule has 1 aliphatic heterocycles. The molecule has 0 unspecified atom stereocenters. The molecule has 0 radical (unpaired) electrons. The van der Waals surface area contributed by atoms with Gasteiger partial charge in [-0.05, 0) is 52.7 Å². The van der Waals surface area contributed by atoms with Crippen LogP contribution in [-0.4, -0.2) is 45.5 Å². The van der Waals surface area contributed by atoms with Crippen LogP contribution in [0.25, 0.3) is 22.0 Å². The molecule has 36 heavy (non-hydrogen) atoms. The smallest absolute Gasteiger partial charge is 0.407 e. The number of hydrogen-bond donors (Lipinski definition) is 2. The highest BCUT2D eigenvalue weighted by Gasteiger charge is 2.57. The number of rotatable bonds is 4. The second kappa shape index (κ2) is 8.37. The molecule has 9 heteroatoms. The molecule has 190 valence electrons. The van der Waals surface area contributed by atoms with Gasteiger partial charge in [-0.15, -0.1) is 0 Å². The van der Waals surface area contributed by atoms with Crippen molar-refractivity contribution in [3.05, 3.63) is 53.9 Å². The fraction of sp³-hybridized carbons (Fsp3) is 0.444. The number of benzene rings is 1. The maximum absolute atomic E-state index is 15.6. The third-order valence-electron chi connectivity index (χ3n) is 6.65. The topological polar surface area (TPSA) is 87.6 Å². The van der Waals surface area contributed by atoms with Gasteiger partial charge in [0.05, 0.1) is 23.5 Å². The maximum atomic E-state index is 15.6. The highest BCUT2D eigenvalue weighted by molar-refractivity contribution is 5.87. The van der Waals surface area contributed by atoms with Gasteiger partial charge >= 0.3 is 6.09 Å². The van der Waals surface area contributed by atoms with E-state index in [9.17, 15) is 14.3 Å². The third-order valence-corrected chi connectivity index (χ3v) is 6.65. The first-order valence-electron chi connectivity index (χ1n) is 12.0. The summed E-state index contributed by atoms with van der Waals surface area (Å²) in [6.45, 7) is 8.58. The monoisotopic (exact) mass is 496 g/mol. The van der Waals surface area contributed by atoms with E-state index in [1.54, 1.807) is 39.0 Å². The number of nitrogens with zero attached hydrogens (tertiary/aromatic N) is 3. The molecule has 0 bridgehead atoms. The molecule has 2 aliphatic rings. The number of anilines is 1. The van der Waals surface area contributed by atoms with Crippen LogP contribution in [-0.2, 0) is 11.3 Å². The van der Waals surface area contributed by atoms with Crippen LogP contribution in [0.4, 0.5) is 19.4 Å². The van der Waals surface area contributed by atoms with Crippen molar-refractivity contribution in [2.45, 2.75) is 58.3 Å². The van der Waals surface area contributed by atoms with E-state index in [-0.39, 0.29) is 23.2 Å². The molecule has 2 fully saturated rings. The summed E-state index contributed by atoms with van der Waals surface area (Å²) in [7, 11) is 0. The van der Waals surface area contributed by atoms with Crippen molar-refractivity contribution in [2.24, 2.45) is 5.41 Å². The molecule has 7 nitrogen and oxygen atoms in total. The average molecular weight is 497 g/mol. The van der Waals surface area contributed by atoms with Crippen molar-refractivity contribution >= 4 is 22.7 Å². The van der Waals surface area contributed by atoms with E-state index < -0.39 is 28.9 Å². The highest BCUT2D eigenvalue weighted by atomic mass is 19.1. The van der Waals surface area contributed by atoms with Crippen molar-refractivity contribution in [1.82, 2.24) is 15.3 Å². The molecule has 1 aromatic carbocycles. The molecule has 1 saturated heterocycles. The Morgan fingerprint density at radius 1 is 1.19 bits per heavy atom. The first-order valence-corrected chi connectivity index (χ1v) is 12.0. The predicted octanol–water partition coefficient (Wildman–Crippen LogP) is 4.95. The van der Waals surface area contributed by atoms with Gasteiger partial charge in [0.1, 0.15) is 23.1 Å². The molecular formula is C27H30F2N4O3. The Bertz CT molecular complexity index is 1340. The van der Waals surface area contributed by atoms with Gasteiger partial charge in [-0.25, -0.2) is 18.6 Å². The van der Waals surface area contributed by atoms with Crippen molar-refractivity contribution < 1.29 is 23.4 Å². The highest BCUT2D eigenvalue weighted by Crippen LogP contribution is 2.54. The second-order valence-electron chi connectivity index (χ2n) is 11.4. The Labute approximate surface area is 208 Å². The zero-order chi connectivity index (χ0) is 25.9. The lowest BCUT2D eigenvalue weighted by Gasteiger charge is -2.62. The lowest BCUT2D eigenvalue weighted by Crippen LogP contribution is -2.67. The van der Waals surface area contributed by atoms with Crippen LogP contribution in [0.15, 0.2) is 36.5 Å². The summed E-state index contributed by atoms with van der Waals surface area (Å²) in [6, 6.07) is 7.44. The van der Waals surface area contributed by atoms with Crippen molar-refractivity contribution in [3.8, 4) is 11.3 Å². The zero-order valence-electron chi connectivity index (χ0n) is 20.9. The van der Waals surface area contributed by atoms with Crippen LogP contribution < -0.4 is 10.2 Å². The number of amides is 1. The van der Waals surface area contributed by atoms with E-state index in [0.29, 0.717) is 35.4 Å². The molecule has 3 heterocycles. The molecule has 1 spiro atoms. The summed E-state index contributed by atoms with van der Waals surface area (Å²) in [4.78, 5) is 22.8. The largest absolute Gasteiger partial charge is 0.444 e. The van der Waals surface area contributed by atoms with Gasteiger partial charge in [0.15, 0.2) is 0 Å². The van der Waals surface area contributed by atoms with E-state index in [1.165, 1.54) is 18.3 Å². The lowest BCUT2D eigenvalue weighted by atomic mass is 9.56. The van der Waals surface area contributed by atoms with Crippen LogP contribution >= 0.6 is 0 Å². The molecule has 2 aromatic heterocycles. The van der Waals surface area contributed by atoms with Crippen LogP contribution in [0.3, 0.4) is 0 Å². The van der Waals surface area contributed by atoms with Gasteiger partial charge in [0.2, 0.25) is 0 Å². The van der Waals surface area contributed by atoms with Crippen molar-refractivity contribution in [1.29, 1.82) is 0 Å². The standard InChI is InChI=1S/C27H30F2N4O3/c1-25(2,3)36-24(34)31-11-18-9-20-16(10-30-18)5-6-19(23(20)29)21-7-17(28)8-22(32-21)33-14-27(15-33)12-26(4,35)13-27/h5-10,35H,11-15H2,1-4H3,(H,31,34). The summed E-state index contributed by atoms with van der Waals surface area (Å²) >= 11 is 0. The van der Waals surface area contributed by atoms with E-state index in [1.807, 2.05) is 11.8 Å². The Kier molecular flexibility index (Phi) is 5.66. The number of alkyl carbamates (subject to hydrolysis) is 1. The number of aliphatic hydroxyl groups is 1. The molecule has 2 N–H and O–H groups in total. The second-order valence-corrected chi connectivity index (χ2v) is 11.4. The normalized spacial score (nSPS) is 18.0. The van der Waals surface area contributed by atoms with Crippen LogP contribution in [0, 0.1) is 17.0 Å². The number of carbonyl (C=O) groups is 1. The molecular weight excluding hydrogens is 466 g/mol. The summed E-state index contributed by atoms with van der Waals surface area (Å²) in [5.74, 6) is -0.570. The fourth-order valence-corrected chi connectivity index (χ4v) is 5.49. The lowest BCUT2D eigenvalue weighted by molar-refractivity contribution is -0.126. The van der Waals surface area contributed by atoms with E-state index in [0.717, 1.165) is 12.8 Å². The van der Waals surface area contributed by atoms with Gasteiger partial charge in [0.25, 0.3) is 0 Å². The number of halogens is 2. The minimum absolute atomic E-state index is 0.0581. The SMILES string of the molecule is CC1(O)CC2(CN(c3cc(F)cc(-c4ccc5cnc(CNC(=O)OC(C)(C)C)cc5c4F)n3)C2)C1. The third kappa shape index (κ3) is 4.84. The molecule has 3 aromatic rings. The Morgan fingerprint density at radius 3 is 2.58 bits per heavy atom. The number of fused-ring (bicyclic) bond motifs is 1. The van der Waals surface area contributed by atoms with Crippen molar-refractivity contribution in [2.75, 3.05) is 18.0 Å². The van der Waals surface area contributed by atoms with Crippen LogP contribution in [0.1, 0.15) is 46.2 Å². The number of aromatic nitrogens is 2. The van der Waals surface area contributed by atoms with Crippen molar-refractivity contribution in [3.63, 3.8) is 0 Å². The van der Waals surface area contributed by atoms with Gasteiger partial charge < -0.3 is 20.1 Å². The quantitative estimate of drug-likeness (QED) is 0.532. The fourth-order valence-electron chi connectivity index (χ4n) is 5.49. The summed E-state index contributed by atoms with van der Waals surface area (Å²) in [5.41, 5.74) is -0.357. The average Bonchev–Trinajstić information content (AvgIpc) is 2.73. The minimum Gasteiger partial charge on any atom is -0.444 e. The summed E-state index contributed by atoms with van der Waals surface area (Å²) in [6.07, 6.45) is 2.38. The molecule has 1 saturated carbocycles. The van der Waals surface area contributed by atoms with E-state index in [2.05, 4.69) is 15.3 Å². The van der Waals surface area contributed by atoms with Gasteiger partial charge in [-0.2, -0.15) is 0 Å². The van der Waals surface area contributed by atoms with Crippen LogP contribution in [0.2, 0.25) is 0 Å². The Morgan fingerprint density at radius 2 is 1.92 bits per heavy atom. The number of pyridine rings is 2. The van der Waals surface area contributed by atoms with Gasteiger partial charge in [0, 0.05) is 53.2 Å². The molecule has 5 rings (SSSR count). The number of hydrogen-bond acceptors (Lipinski definition) is 6. The maximum Gasteiger partial charge on any atom is 0.407 e. The number of ether oxygens (including phenoxy) is 1. The number of nitrogens with one attached hydrogen (secondary N) is 1. The first kappa shape index (κ1) is 24.4. The summed E-state index contributed by atoms with van der Waals surface area (Å²) < 4.78 is 35.4. The minimum atomic E-state index is -0.632. The zero-order valence-corrected chi connectivity index (χ0v) is 20.9. The van der Waals surface area contributed by atoms with E-state index >= 15 is 4.39 Å². The molecule has 1 amide bonds. The Hall–Kier alpha value is -3.33. The van der Waals surface area contributed by atoms with Gasteiger partial charge in [-0.3, -0.25) is 4.98 Å². The Balaban J connectivity index is 1.37. The summed E-state index contributed by atoms with van der Waals surface area (Å²) in [5, 5.41) is 13.6. The van der Waals surface area contributed by atoms with Crippen LogP contribution in [0.5, 0.6) is 0 Å². The first-order chi connectivity index (χ1) is 16.8. The number of carbonyl (C=O) groups excluding carboxylic acids is 1. The van der Waals surface area contributed by atoms with Gasteiger partial charge in [-0.1, -0.05) is 6.07 Å². The molecule has 0 atom stereocenters.